The molecule has 0 radical (unpaired) electrons. The maximum atomic E-state index is 14.3. The lowest BCUT2D eigenvalue weighted by molar-refractivity contribution is -0.122. The van der Waals surface area contributed by atoms with Gasteiger partial charge in [-0.05, 0) is 73.4 Å². The van der Waals surface area contributed by atoms with Crippen LogP contribution < -0.4 is 15.0 Å². The molecule has 4 rings (SSSR count). The van der Waals surface area contributed by atoms with E-state index >= 15 is 0 Å². The summed E-state index contributed by atoms with van der Waals surface area (Å²) in [5.41, 5.74) is 3.64. The van der Waals surface area contributed by atoms with Crippen molar-refractivity contribution >= 4 is 45.5 Å². The Hall–Kier alpha value is -3.78. The van der Waals surface area contributed by atoms with E-state index in [4.69, 9.17) is 4.74 Å². The lowest BCUT2D eigenvalue weighted by atomic mass is 10.00. The number of aryl methyl sites for hydroxylation is 1. The molecule has 8 heteroatoms. The van der Waals surface area contributed by atoms with Gasteiger partial charge in [0, 0.05) is 16.5 Å². The number of halogens is 2. The second kappa shape index (κ2) is 10.5. The third-order valence-corrected chi connectivity index (χ3v) is 6.74. The standard InChI is InChI=1S/C28H24BrFN2O4/c1-4-36-25-14-18(13-22(29)20(25)15-19-9-5-6-10-23(19)30)12-21-26(33)31-28(35)32(27(21)34)24-11-7-8-16(2)17(24)3/h5-14H,4,15H2,1-3H3,(H,31,33,35)/b21-12+. The molecule has 0 aliphatic carbocycles. The van der Waals surface area contributed by atoms with Gasteiger partial charge in [-0.1, -0.05) is 46.3 Å². The smallest absolute Gasteiger partial charge is 0.335 e. The summed E-state index contributed by atoms with van der Waals surface area (Å²) in [5, 5.41) is 2.25. The molecule has 1 aliphatic rings. The molecule has 0 bridgehead atoms. The van der Waals surface area contributed by atoms with Gasteiger partial charge in [0.25, 0.3) is 11.8 Å². The molecule has 0 aromatic heterocycles. The second-order valence-electron chi connectivity index (χ2n) is 8.36. The van der Waals surface area contributed by atoms with Crippen LogP contribution >= 0.6 is 15.9 Å². The number of benzene rings is 3. The Morgan fingerprint density at radius 1 is 1.06 bits per heavy atom. The summed E-state index contributed by atoms with van der Waals surface area (Å²) in [6.45, 7) is 5.89. The van der Waals surface area contributed by atoms with Gasteiger partial charge in [0.05, 0.1) is 12.3 Å². The van der Waals surface area contributed by atoms with Crippen molar-refractivity contribution in [1.29, 1.82) is 0 Å². The molecule has 4 amide bonds. The number of nitrogens with one attached hydrogen (secondary N) is 1. The van der Waals surface area contributed by atoms with Crippen LogP contribution in [0.2, 0.25) is 0 Å². The van der Waals surface area contributed by atoms with Gasteiger partial charge in [0.2, 0.25) is 0 Å². The Bertz CT molecular complexity index is 1420. The quantitative estimate of drug-likeness (QED) is 0.308. The van der Waals surface area contributed by atoms with Crippen LogP contribution in [-0.4, -0.2) is 24.5 Å². The van der Waals surface area contributed by atoms with Crippen molar-refractivity contribution in [3.8, 4) is 5.75 Å². The summed E-state index contributed by atoms with van der Waals surface area (Å²) >= 11 is 3.54. The minimum Gasteiger partial charge on any atom is -0.494 e. The number of amides is 4. The molecule has 1 heterocycles. The molecular formula is C28H24BrFN2O4. The van der Waals surface area contributed by atoms with Gasteiger partial charge < -0.3 is 4.74 Å². The van der Waals surface area contributed by atoms with Crippen LogP contribution in [0.15, 0.2) is 64.6 Å². The number of barbiturate groups is 1. The predicted molar refractivity (Wildman–Crippen MR) is 139 cm³/mol. The fraction of sp³-hybridized carbons (Fsp3) is 0.179. The number of ether oxygens (including phenoxy) is 1. The molecule has 0 spiro atoms. The van der Waals surface area contributed by atoms with Crippen molar-refractivity contribution in [1.82, 2.24) is 5.32 Å². The zero-order chi connectivity index (χ0) is 26.0. The molecule has 184 valence electrons. The number of imide groups is 2. The third kappa shape index (κ3) is 4.95. The van der Waals surface area contributed by atoms with Crippen molar-refractivity contribution in [3.63, 3.8) is 0 Å². The first kappa shape index (κ1) is 25.3. The molecule has 1 fully saturated rings. The van der Waals surface area contributed by atoms with E-state index in [1.807, 2.05) is 26.8 Å². The van der Waals surface area contributed by atoms with Crippen LogP contribution in [0.5, 0.6) is 5.75 Å². The lowest BCUT2D eigenvalue weighted by Crippen LogP contribution is -2.54. The lowest BCUT2D eigenvalue weighted by Gasteiger charge is -2.28. The maximum absolute atomic E-state index is 14.3. The first-order valence-corrected chi connectivity index (χ1v) is 12.2. The number of urea groups is 1. The van der Waals surface area contributed by atoms with E-state index in [9.17, 15) is 18.8 Å². The van der Waals surface area contributed by atoms with E-state index in [0.717, 1.165) is 21.6 Å². The number of carbonyl (C=O) groups excluding carboxylic acids is 3. The van der Waals surface area contributed by atoms with Crippen LogP contribution in [0.3, 0.4) is 0 Å². The summed E-state index contributed by atoms with van der Waals surface area (Å²) in [7, 11) is 0. The zero-order valence-corrected chi connectivity index (χ0v) is 21.6. The third-order valence-electron chi connectivity index (χ3n) is 6.03. The highest BCUT2D eigenvalue weighted by Gasteiger charge is 2.37. The van der Waals surface area contributed by atoms with Crippen molar-refractivity contribution in [3.05, 3.63) is 98.3 Å². The van der Waals surface area contributed by atoms with Gasteiger partial charge in [-0.2, -0.15) is 0 Å². The molecule has 3 aromatic rings. The Kier molecular flexibility index (Phi) is 7.35. The summed E-state index contributed by atoms with van der Waals surface area (Å²) in [4.78, 5) is 39.6. The topological polar surface area (TPSA) is 75.7 Å². The Labute approximate surface area is 216 Å². The highest BCUT2D eigenvalue weighted by atomic mass is 79.9. The van der Waals surface area contributed by atoms with E-state index in [2.05, 4.69) is 21.2 Å². The second-order valence-corrected chi connectivity index (χ2v) is 9.21. The van der Waals surface area contributed by atoms with Gasteiger partial charge in [-0.15, -0.1) is 0 Å². The number of carbonyl (C=O) groups is 3. The minimum atomic E-state index is -0.799. The Morgan fingerprint density at radius 3 is 2.53 bits per heavy atom. The van der Waals surface area contributed by atoms with Crippen molar-refractivity contribution in [2.45, 2.75) is 27.2 Å². The predicted octanol–water partition coefficient (Wildman–Crippen LogP) is 5.86. The number of hydrogen-bond acceptors (Lipinski definition) is 4. The average Bonchev–Trinajstić information content (AvgIpc) is 2.83. The minimum absolute atomic E-state index is 0.188. The maximum Gasteiger partial charge on any atom is 0.335 e. The first-order valence-electron chi connectivity index (χ1n) is 11.4. The van der Waals surface area contributed by atoms with E-state index in [1.54, 1.807) is 42.5 Å². The average molecular weight is 551 g/mol. The number of rotatable bonds is 6. The van der Waals surface area contributed by atoms with E-state index in [0.29, 0.717) is 33.6 Å². The molecule has 36 heavy (non-hydrogen) atoms. The summed E-state index contributed by atoms with van der Waals surface area (Å²) in [6.07, 6.45) is 1.70. The summed E-state index contributed by atoms with van der Waals surface area (Å²) in [6, 6.07) is 14.4. The van der Waals surface area contributed by atoms with Gasteiger partial charge in [-0.3, -0.25) is 14.9 Å². The molecule has 1 aliphatic heterocycles. The van der Waals surface area contributed by atoms with Crippen LogP contribution in [0, 0.1) is 19.7 Å². The van der Waals surface area contributed by atoms with Crippen molar-refractivity contribution < 1.29 is 23.5 Å². The molecule has 0 unspecified atom stereocenters. The van der Waals surface area contributed by atoms with Crippen LogP contribution in [0.4, 0.5) is 14.9 Å². The summed E-state index contributed by atoms with van der Waals surface area (Å²) < 4.78 is 20.7. The van der Waals surface area contributed by atoms with Crippen molar-refractivity contribution in [2.75, 3.05) is 11.5 Å². The van der Waals surface area contributed by atoms with Crippen molar-refractivity contribution in [2.24, 2.45) is 0 Å². The first-order chi connectivity index (χ1) is 17.2. The number of hydrogen-bond donors (Lipinski definition) is 1. The van der Waals surface area contributed by atoms with E-state index in [1.165, 1.54) is 12.1 Å². The highest BCUT2D eigenvalue weighted by molar-refractivity contribution is 9.10. The molecular weight excluding hydrogens is 527 g/mol. The molecule has 6 nitrogen and oxygen atoms in total. The number of anilines is 1. The highest BCUT2D eigenvalue weighted by Crippen LogP contribution is 2.34. The molecule has 0 atom stereocenters. The van der Waals surface area contributed by atoms with Gasteiger partial charge in [0.1, 0.15) is 17.1 Å². The molecule has 3 aromatic carbocycles. The largest absolute Gasteiger partial charge is 0.494 e. The Balaban J connectivity index is 1.75. The zero-order valence-electron chi connectivity index (χ0n) is 20.0. The normalized spacial score (nSPS) is 14.9. The van der Waals surface area contributed by atoms with Gasteiger partial charge in [0.15, 0.2) is 0 Å². The molecule has 1 N–H and O–H groups in total. The fourth-order valence-electron chi connectivity index (χ4n) is 4.02. The molecule has 1 saturated heterocycles. The van der Waals surface area contributed by atoms with E-state index in [-0.39, 0.29) is 17.8 Å². The molecule has 0 saturated carbocycles. The van der Waals surface area contributed by atoms with Gasteiger partial charge in [-0.25, -0.2) is 14.1 Å². The SMILES string of the molecule is CCOc1cc(/C=C2\C(=O)NC(=O)N(c3cccc(C)c3C)C2=O)cc(Br)c1Cc1ccccc1F. The number of nitrogens with zero attached hydrogens (tertiary/aromatic N) is 1. The van der Waals surface area contributed by atoms with Crippen LogP contribution in [0.1, 0.15) is 34.7 Å². The summed E-state index contributed by atoms with van der Waals surface area (Å²) in [5.74, 6) is -1.33. The van der Waals surface area contributed by atoms with Gasteiger partial charge >= 0.3 is 6.03 Å². The monoisotopic (exact) mass is 550 g/mol. The van der Waals surface area contributed by atoms with Crippen LogP contribution in [-0.2, 0) is 16.0 Å². The van der Waals surface area contributed by atoms with Crippen LogP contribution in [0.25, 0.3) is 6.08 Å². The fourth-order valence-corrected chi connectivity index (χ4v) is 4.62. The van der Waals surface area contributed by atoms with E-state index < -0.39 is 17.8 Å². The Morgan fingerprint density at radius 2 is 1.81 bits per heavy atom.